The molecule has 0 saturated heterocycles. The molecule has 0 spiro atoms. The minimum absolute atomic E-state index is 0.697. The van der Waals surface area contributed by atoms with Crippen LogP contribution in [-0.4, -0.2) is 15.0 Å². The Labute approximate surface area is 245 Å². The maximum Gasteiger partial charge on any atom is 0.160 e. The van der Waals surface area contributed by atoms with E-state index in [9.17, 15) is 0 Å². The number of aromatic nitrogens is 3. The first kappa shape index (κ1) is 25.3. The molecular weight excluding hydrogens is 510 g/mol. The van der Waals surface area contributed by atoms with Crippen molar-refractivity contribution in [3.8, 4) is 67.3 Å². The van der Waals surface area contributed by atoms with Crippen molar-refractivity contribution in [2.75, 3.05) is 0 Å². The molecule has 0 aliphatic rings. The fourth-order valence-corrected chi connectivity index (χ4v) is 5.20. The van der Waals surface area contributed by atoms with Gasteiger partial charge in [0.1, 0.15) is 0 Å². The molecule has 5 aromatic carbocycles. The minimum atomic E-state index is 0.697. The predicted molar refractivity (Wildman–Crippen MR) is 172 cm³/mol. The molecule has 0 aliphatic heterocycles. The van der Waals surface area contributed by atoms with Gasteiger partial charge in [-0.1, -0.05) is 121 Å². The van der Waals surface area contributed by atoms with Gasteiger partial charge in [0.25, 0.3) is 0 Å². The fraction of sp³-hybridized carbons (Fsp3) is 0. The van der Waals surface area contributed by atoms with E-state index in [0.717, 1.165) is 50.3 Å². The average Bonchev–Trinajstić information content (AvgIpc) is 3.09. The van der Waals surface area contributed by atoms with Gasteiger partial charge in [0, 0.05) is 34.6 Å². The molecule has 0 unspecified atom stereocenters. The van der Waals surface area contributed by atoms with E-state index in [0.29, 0.717) is 5.82 Å². The van der Waals surface area contributed by atoms with Gasteiger partial charge >= 0.3 is 0 Å². The average molecular weight is 538 g/mol. The quantitative estimate of drug-likeness (QED) is 0.212. The molecule has 3 heteroatoms. The second-order valence-electron chi connectivity index (χ2n) is 10.2. The summed E-state index contributed by atoms with van der Waals surface area (Å²) in [7, 11) is 0. The van der Waals surface area contributed by atoms with Crippen LogP contribution in [0, 0.1) is 0 Å². The Morgan fingerprint density at radius 1 is 0.310 bits per heavy atom. The van der Waals surface area contributed by atoms with Crippen molar-refractivity contribution < 1.29 is 0 Å². The maximum absolute atomic E-state index is 5.11. The van der Waals surface area contributed by atoms with Crippen LogP contribution >= 0.6 is 0 Å². The summed E-state index contributed by atoms with van der Waals surface area (Å²) in [6, 6.07) is 52.5. The summed E-state index contributed by atoms with van der Waals surface area (Å²) in [4.78, 5) is 14.5. The number of rotatable bonds is 6. The molecule has 0 saturated carbocycles. The highest BCUT2D eigenvalue weighted by molar-refractivity contribution is 5.82. The number of nitrogens with zero attached hydrogens (tertiary/aromatic N) is 3. The van der Waals surface area contributed by atoms with Crippen LogP contribution in [0.1, 0.15) is 0 Å². The molecular formula is C39H27N3. The topological polar surface area (TPSA) is 38.7 Å². The third kappa shape index (κ3) is 5.36. The lowest BCUT2D eigenvalue weighted by molar-refractivity contribution is 1.18. The number of pyridine rings is 1. The zero-order chi connectivity index (χ0) is 28.1. The summed E-state index contributed by atoms with van der Waals surface area (Å²) in [6.45, 7) is 0. The van der Waals surface area contributed by atoms with Gasteiger partial charge in [-0.05, 0) is 58.1 Å². The first-order chi connectivity index (χ1) is 20.8. The van der Waals surface area contributed by atoms with Crippen LogP contribution in [0.25, 0.3) is 67.3 Å². The van der Waals surface area contributed by atoms with E-state index in [4.69, 9.17) is 9.97 Å². The second-order valence-corrected chi connectivity index (χ2v) is 10.2. The molecule has 0 amide bonds. The standard InChI is InChI=1S/C39H27N3/c1-4-11-28(12-5-1)30-18-20-31(21-19-30)37-26-38(42-39(41-37)32-15-8-3-9-16-32)36-24-34(29-13-6-2-7-14-29)23-35(25-36)33-17-10-22-40-27-33/h1-27H. The lowest BCUT2D eigenvalue weighted by atomic mass is 9.95. The number of hydrogen-bond acceptors (Lipinski definition) is 3. The van der Waals surface area contributed by atoms with E-state index in [1.807, 2.05) is 42.6 Å². The van der Waals surface area contributed by atoms with Crippen molar-refractivity contribution in [2.45, 2.75) is 0 Å². The van der Waals surface area contributed by atoms with Crippen molar-refractivity contribution >= 4 is 0 Å². The molecule has 198 valence electrons. The van der Waals surface area contributed by atoms with Crippen molar-refractivity contribution in [1.29, 1.82) is 0 Å². The molecule has 0 N–H and O–H groups in total. The number of benzene rings is 5. The predicted octanol–water partition coefficient (Wildman–Crippen LogP) is 9.87. The summed E-state index contributed by atoms with van der Waals surface area (Å²) in [6.07, 6.45) is 3.71. The van der Waals surface area contributed by atoms with Gasteiger partial charge in [-0.25, -0.2) is 9.97 Å². The van der Waals surface area contributed by atoms with Crippen molar-refractivity contribution in [1.82, 2.24) is 15.0 Å². The highest BCUT2D eigenvalue weighted by Crippen LogP contribution is 2.34. The Hall–Kier alpha value is -5.67. The van der Waals surface area contributed by atoms with Gasteiger partial charge in [-0.2, -0.15) is 0 Å². The molecule has 0 bridgehead atoms. The van der Waals surface area contributed by atoms with Crippen LogP contribution in [0.5, 0.6) is 0 Å². The van der Waals surface area contributed by atoms with Crippen LogP contribution in [0.2, 0.25) is 0 Å². The van der Waals surface area contributed by atoms with Gasteiger partial charge in [-0.15, -0.1) is 0 Å². The lowest BCUT2D eigenvalue weighted by Crippen LogP contribution is -1.96. The second kappa shape index (κ2) is 11.4. The van der Waals surface area contributed by atoms with Crippen LogP contribution < -0.4 is 0 Å². The fourth-order valence-electron chi connectivity index (χ4n) is 5.20. The number of hydrogen-bond donors (Lipinski definition) is 0. The van der Waals surface area contributed by atoms with Gasteiger partial charge in [-0.3, -0.25) is 4.98 Å². The summed E-state index contributed by atoms with van der Waals surface area (Å²) in [5, 5.41) is 0. The van der Waals surface area contributed by atoms with Crippen LogP contribution in [-0.2, 0) is 0 Å². The SMILES string of the molecule is c1ccc(-c2ccc(-c3cc(-c4cc(-c5ccccc5)cc(-c5cccnc5)c4)nc(-c4ccccc4)n3)cc2)cc1. The van der Waals surface area contributed by atoms with Gasteiger partial charge in [0.15, 0.2) is 5.82 Å². The largest absolute Gasteiger partial charge is 0.264 e. The molecule has 0 atom stereocenters. The Balaban J connectivity index is 1.39. The van der Waals surface area contributed by atoms with Gasteiger partial charge < -0.3 is 0 Å². The molecule has 2 heterocycles. The summed E-state index contributed by atoms with van der Waals surface area (Å²) >= 11 is 0. The smallest absolute Gasteiger partial charge is 0.160 e. The van der Waals surface area contributed by atoms with E-state index in [-0.39, 0.29) is 0 Å². The highest BCUT2D eigenvalue weighted by Gasteiger charge is 2.14. The Morgan fingerprint density at radius 2 is 0.762 bits per heavy atom. The summed E-state index contributed by atoms with van der Waals surface area (Å²) in [5.74, 6) is 0.697. The molecule has 0 radical (unpaired) electrons. The molecule has 7 aromatic rings. The van der Waals surface area contributed by atoms with Crippen molar-refractivity contribution in [2.24, 2.45) is 0 Å². The molecule has 3 nitrogen and oxygen atoms in total. The highest BCUT2D eigenvalue weighted by atomic mass is 14.9. The molecule has 0 aliphatic carbocycles. The van der Waals surface area contributed by atoms with Gasteiger partial charge in [0.2, 0.25) is 0 Å². The third-order valence-corrected chi connectivity index (χ3v) is 7.38. The monoisotopic (exact) mass is 537 g/mol. The summed E-state index contributed by atoms with van der Waals surface area (Å²) in [5.41, 5.74) is 11.6. The Kier molecular flexibility index (Phi) is 6.89. The van der Waals surface area contributed by atoms with E-state index in [1.165, 1.54) is 11.1 Å². The Morgan fingerprint density at radius 3 is 1.36 bits per heavy atom. The maximum atomic E-state index is 5.11. The lowest BCUT2D eigenvalue weighted by Gasteiger charge is -2.13. The molecule has 2 aromatic heterocycles. The minimum Gasteiger partial charge on any atom is -0.264 e. The molecule has 7 rings (SSSR count). The first-order valence-electron chi connectivity index (χ1n) is 14.0. The first-order valence-corrected chi connectivity index (χ1v) is 14.0. The van der Waals surface area contributed by atoms with E-state index < -0.39 is 0 Å². The van der Waals surface area contributed by atoms with E-state index in [2.05, 4.69) is 120 Å². The van der Waals surface area contributed by atoms with Crippen LogP contribution in [0.15, 0.2) is 164 Å². The molecule has 0 fully saturated rings. The normalized spacial score (nSPS) is 10.9. The van der Waals surface area contributed by atoms with Crippen LogP contribution in [0.4, 0.5) is 0 Å². The van der Waals surface area contributed by atoms with E-state index >= 15 is 0 Å². The van der Waals surface area contributed by atoms with E-state index in [1.54, 1.807) is 6.20 Å². The molecule has 42 heavy (non-hydrogen) atoms. The van der Waals surface area contributed by atoms with Gasteiger partial charge in [0.05, 0.1) is 11.4 Å². The van der Waals surface area contributed by atoms with Crippen LogP contribution in [0.3, 0.4) is 0 Å². The summed E-state index contributed by atoms with van der Waals surface area (Å²) < 4.78 is 0. The zero-order valence-corrected chi connectivity index (χ0v) is 22.9. The third-order valence-electron chi connectivity index (χ3n) is 7.38. The van der Waals surface area contributed by atoms with Crippen molar-refractivity contribution in [3.63, 3.8) is 0 Å². The Bertz CT molecular complexity index is 1880. The zero-order valence-electron chi connectivity index (χ0n) is 22.9. The van der Waals surface area contributed by atoms with Crippen molar-refractivity contribution in [3.05, 3.63) is 164 Å².